The zero-order valence-electron chi connectivity index (χ0n) is 11.8. The van der Waals surface area contributed by atoms with Gasteiger partial charge in [-0.2, -0.15) is 0 Å². The summed E-state index contributed by atoms with van der Waals surface area (Å²) in [5, 5.41) is 38.7. The molecule has 22 heavy (non-hydrogen) atoms. The maximum absolute atomic E-state index is 11.8. The van der Waals surface area contributed by atoms with Crippen molar-refractivity contribution in [3.63, 3.8) is 0 Å². The van der Waals surface area contributed by atoms with E-state index in [1.807, 2.05) is 0 Å². The minimum absolute atomic E-state index is 0.0309. The van der Waals surface area contributed by atoms with Gasteiger partial charge in [-0.1, -0.05) is 12.1 Å². The van der Waals surface area contributed by atoms with Crippen LogP contribution in [-0.4, -0.2) is 70.8 Å². The second-order valence-corrected chi connectivity index (χ2v) is 4.87. The molecule has 0 radical (unpaired) electrons. The molecule has 1 aromatic rings. The number of hydrogen-bond acceptors (Lipinski definition) is 8. The van der Waals surface area contributed by atoms with Gasteiger partial charge in [0.1, 0.15) is 42.3 Å². The Morgan fingerprint density at radius 1 is 1.18 bits per heavy atom. The van der Waals surface area contributed by atoms with Gasteiger partial charge in [0, 0.05) is 7.11 Å². The standard InChI is InChI=1S/C14H18O8/c1-20-14-12(18)11(17)10(16)9(22-14)6-21-13(19)7-4-2-3-5-8(7)15/h2-5,9-12,14-18H,6H2,1H3/t9-,10-,11+,12-,14+/m1/s1. The summed E-state index contributed by atoms with van der Waals surface area (Å²) in [6, 6.07) is 5.83. The number of phenols is 1. The molecule has 4 N–H and O–H groups in total. The third kappa shape index (κ3) is 3.37. The Bertz CT molecular complexity index is 517. The first-order valence-corrected chi connectivity index (χ1v) is 6.63. The fraction of sp³-hybridized carbons (Fsp3) is 0.500. The van der Waals surface area contributed by atoms with E-state index < -0.39 is 36.7 Å². The molecule has 1 aliphatic heterocycles. The van der Waals surface area contributed by atoms with Crippen molar-refractivity contribution in [1.82, 2.24) is 0 Å². The van der Waals surface area contributed by atoms with Crippen LogP contribution in [0.3, 0.4) is 0 Å². The first kappa shape index (κ1) is 16.7. The summed E-state index contributed by atoms with van der Waals surface area (Å²) in [4.78, 5) is 11.8. The van der Waals surface area contributed by atoms with Gasteiger partial charge in [0.05, 0.1) is 0 Å². The monoisotopic (exact) mass is 314 g/mol. The normalized spacial score (nSPS) is 31.7. The van der Waals surface area contributed by atoms with Gasteiger partial charge >= 0.3 is 5.97 Å². The molecule has 0 aliphatic carbocycles. The highest BCUT2D eigenvalue weighted by atomic mass is 16.7. The van der Waals surface area contributed by atoms with Crippen LogP contribution in [0.25, 0.3) is 0 Å². The van der Waals surface area contributed by atoms with Crippen LogP contribution in [0.4, 0.5) is 0 Å². The van der Waals surface area contributed by atoms with Crippen molar-refractivity contribution in [3.8, 4) is 5.75 Å². The minimum Gasteiger partial charge on any atom is -0.507 e. The van der Waals surface area contributed by atoms with Crippen LogP contribution in [0.5, 0.6) is 5.75 Å². The van der Waals surface area contributed by atoms with Crippen molar-refractivity contribution in [3.05, 3.63) is 29.8 Å². The molecule has 0 unspecified atom stereocenters. The molecule has 2 rings (SSSR count). The number of phenolic OH excluding ortho intramolecular Hbond substituents is 1. The number of aliphatic hydroxyl groups excluding tert-OH is 3. The Balaban J connectivity index is 1.98. The predicted molar refractivity (Wildman–Crippen MR) is 72.1 cm³/mol. The number of esters is 1. The number of hydrogen-bond donors (Lipinski definition) is 4. The molecule has 0 bridgehead atoms. The second-order valence-electron chi connectivity index (χ2n) is 4.87. The molecule has 1 fully saturated rings. The van der Waals surface area contributed by atoms with E-state index in [9.17, 15) is 25.2 Å². The Morgan fingerprint density at radius 2 is 1.86 bits per heavy atom. The third-order valence-electron chi connectivity index (χ3n) is 3.40. The number of para-hydroxylation sites is 1. The topological polar surface area (TPSA) is 126 Å². The van der Waals surface area contributed by atoms with Crippen molar-refractivity contribution in [2.24, 2.45) is 0 Å². The molecule has 5 atom stereocenters. The molecule has 1 aromatic carbocycles. The van der Waals surface area contributed by atoms with Crippen LogP contribution in [0, 0.1) is 0 Å². The summed E-state index contributed by atoms with van der Waals surface area (Å²) >= 11 is 0. The molecule has 0 aromatic heterocycles. The van der Waals surface area contributed by atoms with Crippen molar-refractivity contribution in [2.45, 2.75) is 30.7 Å². The minimum atomic E-state index is -1.49. The highest BCUT2D eigenvalue weighted by Gasteiger charge is 2.44. The van der Waals surface area contributed by atoms with E-state index in [2.05, 4.69) is 0 Å². The smallest absolute Gasteiger partial charge is 0.342 e. The summed E-state index contributed by atoms with van der Waals surface area (Å²) < 4.78 is 15.0. The van der Waals surface area contributed by atoms with Gasteiger partial charge in [-0.25, -0.2) is 4.79 Å². The van der Waals surface area contributed by atoms with E-state index in [1.165, 1.54) is 19.2 Å². The number of ether oxygens (including phenoxy) is 3. The maximum Gasteiger partial charge on any atom is 0.342 e. The molecule has 8 nitrogen and oxygen atoms in total. The fourth-order valence-corrected chi connectivity index (χ4v) is 2.13. The number of aliphatic hydroxyl groups is 3. The van der Waals surface area contributed by atoms with Crippen LogP contribution in [0.1, 0.15) is 10.4 Å². The third-order valence-corrected chi connectivity index (χ3v) is 3.40. The predicted octanol–water partition coefficient (Wildman–Crippen LogP) is -0.997. The highest BCUT2D eigenvalue weighted by molar-refractivity contribution is 5.92. The molecular formula is C14H18O8. The Kier molecular flexibility index (Phi) is 5.33. The number of methoxy groups -OCH3 is 1. The van der Waals surface area contributed by atoms with E-state index in [-0.39, 0.29) is 17.9 Å². The summed E-state index contributed by atoms with van der Waals surface area (Å²) in [6.45, 7) is -0.377. The van der Waals surface area contributed by atoms with E-state index >= 15 is 0 Å². The Hall–Kier alpha value is -1.71. The van der Waals surface area contributed by atoms with E-state index in [1.54, 1.807) is 12.1 Å². The first-order chi connectivity index (χ1) is 10.5. The molecule has 1 aliphatic rings. The van der Waals surface area contributed by atoms with Gasteiger partial charge in [-0.05, 0) is 12.1 Å². The van der Waals surface area contributed by atoms with Crippen molar-refractivity contribution >= 4 is 5.97 Å². The lowest BCUT2D eigenvalue weighted by molar-refractivity contribution is -0.294. The highest BCUT2D eigenvalue weighted by Crippen LogP contribution is 2.23. The van der Waals surface area contributed by atoms with Crippen LogP contribution in [-0.2, 0) is 14.2 Å². The molecular weight excluding hydrogens is 296 g/mol. The molecule has 0 saturated carbocycles. The molecule has 1 saturated heterocycles. The Morgan fingerprint density at radius 3 is 2.50 bits per heavy atom. The van der Waals surface area contributed by atoms with E-state index in [4.69, 9.17) is 14.2 Å². The Labute approximate surface area is 126 Å². The van der Waals surface area contributed by atoms with Gasteiger partial charge in [0.25, 0.3) is 0 Å². The zero-order chi connectivity index (χ0) is 16.3. The van der Waals surface area contributed by atoms with Crippen molar-refractivity contribution in [2.75, 3.05) is 13.7 Å². The summed E-state index contributed by atoms with van der Waals surface area (Å²) in [5.74, 6) is -1.04. The second kappa shape index (κ2) is 7.03. The lowest BCUT2D eigenvalue weighted by Gasteiger charge is -2.39. The number of aromatic hydroxyl groups is 1. The molecule has 8 heteroatoms. The van der Waals surface area contributed by atoms with Gasteiger partial charge < -0.3 is 34.6 Å². The maximum atomic E-state index is 11.8. The van der Waals surface area contributed by atoms with Gasteiger partial charge in [-0.3, -0.25) is 0 Å². The van der Waals surface area contributed by atoms with Crippen molar-refractivity contribution in [1.29, 1.82) is 0 Å². The van der Waals surface area contributed by atoms with Crippen LogP contribution in [0.15, 0.2) is 24.3 Å². The average Bonchev–Trinajstić information content (AvgIpc) is 2.52. The molecule has 122 valence electrons. The molecule has 0 spiro atoms. The summed E-state index contributed by atoms with van der Waals surface area (Å²) in [7, 11) is 1.27. The largest absolute Gasteiger partial charge is 0.507 e. The molecule has 1 heterocycles. The zero-order valence-corrected chi connectivity index (χ0v) is 11.8. The lowest BCUT2D eigenvalue weighted by Crippen LogP contribution is -2.59. The fourth-order valence-electron chi connectivity index (χ4n) is 2.13. The van der Waals surface area contributed by atoms with Crippen molar-refractivity contribution < 1.29 is 39.4 Å². The van der Waals surface area contributed by atoms with Gasteiger partial charge in [0.15, 0.2) is 6.29 Å². The van der Waals surface area contributed by atoms with Crippen LogP contribution in [0.2, 0.25) is 0 Å². The lowest BCUT2D eigenvalue weighted by atomic mass is 9.99. The molecule has 0 amide bonds. The van der Waals surface area contributed by atoms with E-state index in [0.29, 0.717) is 0 Å². The number of rotatable bonds is 4. The SMILES string of the molecule is CO[C@H]1O[C@H](COC(=O)c2ccccc2O)[C@@H](O)[C@H](O)[C@H]1O. The van der Waals surface area contributed by atoms with Gasteiger partial charge in [-0.15, -0.1) is 0 Å². The quantitative estimate of drug-likeness (QED) is 0.522. The van der Waals surface area contributed by atoms with Gasteiger partial charge in [0.2, 0.25) is 0 Å². The summed E-state index contributed by atoms with van der Waals surface area (Å²) in [5.41, 5.74) is -0.0309. The number of carbonyl (C=O) groups excluding carboxylic acids is 1. The average molecular weight is 314 g/mol. The number of carbonyl (C=O) groups is 1. The first-order valence-electron chi connectivity index (χ1n) is 6.63. The van der Waals surface area contributed by atoms with Crippen LogP contribution >= 0.6 is 0 Å². The van der Waals surface area contributed by atoms with E-state index in [0.717, 1.165) is 0 Å². The summed E-state index contributed by atoms with van der Waals surface area (Å²) in [6.07, 6.45) is -6.57. The van der Waals surface area contributed by atoms with Crippen LogP contribution < -0.4 is 0 Å². The number of benzene rings is 1.